The smallest absolute Gasteiger partial charge is 0.238 e. The summed E-state index contributed by atoms with van der Waals surface area (Å²) < 4.78 is 12.9. The summed E-state index contributed by atoms with van der Waals surface area (Å²) in [5.74, 6) is 0.648. The summed E-state index contributed by atoms with van der Waals surface area (Å²) in [6.45, 7) is 2.96. The van der Waals surface area contributed by atoms with Crippen LogP contribution in [0.4, 0.5) is 10.1 Å². The first-order chi connectivity index (χ1) is 11.1. The Morgan fingerprint density at radius 3 is 2.57 bits per heavy atom. The predicted octanol–water partition coefficient (Wildman–Crippen LogP) is 4.01. The average molecular weight is 332 g/mol. The lowest BCUT2D eigenvalue weighted by Crippen LogP contribution is -2.30. The van der Waals surface area contributed by atoms with Crippen molar-refractivity contribution in [3.63, 3.8) is 0 Å². The van der Waals surface area contributed by atoms with Crippen molar-refractivity contribution < 1.29 is 9.18 Å². The lowest BCUT2D eigenvalue weighted by Gasteiger charge is -2.17. The van der Waals surface area contributed by atoms with E-state index in [1.165, 1.54) is 12.1 Å². The molecule has 2 aromatic rings. The minimum Gasteiger partial charge on any atom is -0.324 e. The Morgan fingerprint density at radius 1 is 1.17 bits per heavy atom. The van der Waals surface area contributed by atoms with Gasteiger partial charge in [0.15, 0.2) is 0 Å². The van der Waals surface area contributed by atoms with E-state index in [-0.39, 0.29) is 18.3 Å². The van der Waals surface area contributed by atoms with Crippen LogP contribution in [0.3, 0.4) is 0 Å². The van der Waals surface area contributed by atoms with E-state index in [4.69, 9.17) is 0 Å². The Hall–Kier alpha value is -1.85. The van der Waals surface area contributed by atoms with E-state index in [9.17, 15) is 9.18 Å². The minimum atomic E-state index is -0.251. The molecule has 1 N–H and O–H groups in total. The number of halogens is 1. The number of benzene rings is 2. The first-order valence-electron chi connectivity index (χ1n) is 7.53. The number of hydrogen-bond donors (Lipinski definition) is 1. The summed E-state index contributed by atoms with van der Waals surface area (Å²) in [4.78, 5) is 15.2. The highest BCUT2D eigenvalue weighted by Gasteiger charge is 2.10. The molecule has 0 heterocycles. The Labute approximate surface area is 140 Å². The van der Waals surface area contributed by atoms with Gasteiger partial charge in [-0.15, -0.1) is 11.8 Å². The number of carbonyl (C=O) groups is 1. The second-order valence-electron chi connectivity index (χ2n) is 5.28. The predicted molar refractivity (Wildman–Crippen MR) is 94.2 cm³/mol. The van der Waals surface area contributed by atoms with Gasteiger partial charge in [-0.25, -0.2) is 4.39 Å². The topological polar surface area (TPSA) is 32.3 Å². The molecule has 0 aliphatic carbocycles. The molecule has 3 nitrogen and oxygen atoms in total. The molecular formula is C18H21FN2OS. The Morgan fingerprint density at radius 2 is 1.87 bits per heavy atom. The molecule has 0 aliphatic rings. The number of para-hydroxylation sites is 1. The second kappa shape index (κ2) is 8.70. The number of anilines is 1. The van der Waals surface area contributed by atoms with Gasteiger partial charge in [0.1, 0.15) is 5.82 Å². The van der Waals surface area contributed by atoms with Crippen LogP contribution in [-0.4, -0.2) is 30.2 Å². The Kier molecular flexibility index (Phi) is 6.62. The maximum atomic E-state index is 12.9. The van der Waals surface area contributed by atoms with Crippen molar-refractivity contribution in [1.29, 1.82) is 0 Å². The molecule has 0 fully saturated rings. The van der Waals surface area contributed by atoms with Crippen LogP contribution in [-0.2, 0) is 11.3 Å². The average Bonchev–Trinajstić information content (AvgIpc) is 2.51. The number of nitrogens with one attached hydrogen (secondary N) is 1. The summed E-state index contributed by atoms with van der Waals surface area (Å²) in [7, 11) is 1.87. The number of rotatable bonds is 7. The zero-order chi connectivity index (χ0) is 16.7. The van der Waals surface area contributed by atoms with Crippen LogP contribution < -0.4 is 5.32 Å². The normalized spacial score (nSPS) is 10.8. The van der Waals surface area contributed by atoms with Gasteiger partial charge in [-0.05, 0) is 42.6 Å². The second-order valence-corrected chi connectivity index (χ2v) is 6.58. The van der Waals surface area contributed by atoms with E-state index >= 15 is 0 Å². The van der Waals surface area contributed by atoms with Crippen molar-refractivity contribution in [3.05, 3.63) is 59.9 Å². The summed E-state index contributed by atoms with van der Waals surface area (Å²) in [5, 5.41) is 2.96. The third kappa shape index (κ3) is 5.69. The van der Waals surface area contributed by atoms with Crippen LogP contribution >= 0.6 is 11.8 Å². The third-order valence-electron chi connectivity index (χ3n) is 3.24. The standard InChI is InChI=1S/C18H21FN2OS/c1-3-23-17-7-5-4-6-16(17)20-18(22)13-21(2)12-14-8-10-15(19)11-9-14/h4-11H,3,12-13H2,1-2H3,(H,20,22). The number of likely N-dealkylation sites (N-methyl/N-ethyl adjacent to an activating group) is 1. The van der Waals surface area contributed by atoms with E-state index < -0.39 is 0 Å². The zero-order valence-electron chi connectivity index (χ0n) is 13.4. The minimum absolute atomic E-state index is 0.0567. The fourth-order valence-corrected chi connectivity index (χ4v) is 3.00. The first-order valence-corrected chi connectivity index (χ1v) is 8.51. The van der Waals surface area contributed by atoms with Crippen molar-refractivity contribution in [2.45, 2.75) is 18.4 Å². The summed E-state index contributed by atoms with van der Waals surface area (Å²) in [5.41, 5.74) is 1.82. The van der Waals surface area contributed by atoms with E-state index in [2.05, 4.69) is 12.2 Å². The molecule has 0 spiro atoms. The molecule has 1 amide bonds. The molecule has 0 radical (unpaired) electrons. The van der Waals surface area contributed by atoms with Crippen molar-refractivity contribution in [1.82, 2.24) is 4.90 Å². The van der Waals surface area contributed by atoms with Gasteiger partial charge in [0.25, 0.3) is 0 Å². The molecule has 0 aliphatic heterocycles. The van der Waals surface area contributed by atoms with Crippen LogP contribution in [0.1, 0.15) is 12.5 Å². The maximum absolute atomic E-state index is 12.9. The SMILES string of the molecule is CCSc1ccccc1NC(=O)CN(C)Cc1ccc(F)cc1. The lowest BCUT2D eigenvalue weighted by molar-refractivity contribution is -0.117. The molecule has 23 heavy (non-hydrogen) atoms. The van der Waals surface area contributed by atoms with Gasteiger partial charge in [0.05, 0.1) is 12.2 Å². The fraction of sp³-hybridized carbons (Fsp3) is 0.278. The number of amides is 1. The Balaban J connectivity index is 1.90. The Bertz CT molecular complexity index is 646. The van der Waals surface area contributed by atoms with E-state index in [1.54, 1.807) is 23.9 Å². The van der Waals surface area contributed by atoms with E-state index in [0.717, 1.165) is 21.9 Å². The maximum Gasteiger partial charge on any atom is 0.238 e. The fourth-order valence-electron chi connectivity index (χ4n) is 2.24. The number of nitrogens with zero attached hydrogens (tertiary/aromatic N) is 1. The highest BCUT2D eigenvalue weighted by molar-refractivity contribution is 7.99. The van der Waals surface area contributed by atoms with Crippen LogP contribution in [0, 0.1) is 5.82 Å². The number of carbonyl (C=O) groups excluding carboxylic acids is 1. The molecule has 0 aromatic heterocycles. The quantitative estimate of drug-likeness (QED) is 0.778. The molecule has 0 bridgehead atoms. The van der Waals surface area contributed by atoms with Gasteiger partial charge in [0, 0.05) is 11.4 Å². The monoisotopic (exact) mass is 332 g/mol. The molecule has 122 valence electrons. The largest absolute Gasteiger partial charge is 0.324 e. The highest BCUT2D eigenvalue weighted by Crippen LogP contribution is 2.26. The lowest BCUT2D eigenvalue weighted by atomic mass is 10.2. The highest BCUT2D eigenvalue weighted by atomic mass is 32.2. The molecule has 0 saturated heterocycles. The molecule has 0 unspecified atom stereocenters. The van der Waals surface area contributed by atoms with Gasteiger partial charge in [-0.1, -0.05) is 31.2 Å². The van der Waals surface area contributed by atoms with Crippen molar-refractivity contribution in [2.75, 3.05) is 24.7 Å². The van der Waals surface area contributed by atoms with Gasteiger partial charge < -0.3 is 5.32 Å². The molecule has 0 atom stereocenters. The summed E-state index contributed by atoms with van der Waals surface area (Å²) >= 11 is 1.70. The van der Waals surface area contributed by atoms with Crippen LogP contribution in [0.15, 0.2) is 53.4 Å². The first kappa shape index (κ1) is 17.5. The molecule has 2 rings (SSSR count). The van der Waals surface area contributed by atoms with Gasteiger partial charge in [-0.3, -0.25) is 9.69 Å². The number of thioether (sulfide) groups is 1. The van der Waals surface area contributed by atoms with Crippen LogP contribution in [0.25, 0.3) is 0 Å². The number of hydrogen-bond acceptors (Lipinski definition) is 3. The van der Waals surface area contributed by atoms with Gasteiger partial charge in [0.2, 0.25) is 5.91 Å². The van der Waals surface area contributed by atoms with Crippen LogP contribution in [0.5, 0.6) is 0 Å². The van der Waals surface area contributed by atoms with E-state index in [1.807, 2.05) is 36.2 Å². The third-order valence-corrected chi connectivity index (χ3v) is 4.20. The molecular weight excluding hydrogens is 311 g/mol. The van der Waals surface area contributed by atoms with Gasteiger partial charge >= 0.3 is 0 Å². The zero-order valence-corrected chi connectivity index (χ0v) is 14.2. The van der Waals surface area contributed by atoms with Crippen molar-refractivity contribution in [2.24, 2.45) is 0 Å². The van der Waals surface area contributed by atoms with Crippen molar-refractivity contribution in [3.8, 4) is 0 Å². The molecule has 5 heteroatoms. The molecule has 2 aromatic carbocycles. The van der Waals surface area contributed by atoms with E-state index in [0.29, 0.717) is 6.54 Å². The summed E-state index contributed by atoms with van der Waals surface area (Å²) in [6.07, 6.45) is 0. The molecule has 0 saturated carbocycles. The van der Waals surface area contributed by atoms with Crippen molar-refractivity contribution >= 4 is 23.4 Å². The van der Waals surface area contributed by atoms with Crippen LogP contribution in [0.2, 0.25) is 0 Å². The van der Waals surface area contributed by atoms with Gasteiger partial charge in [-0.2, -0.15) is 0 Å². The summed E-state index contributed by atoms with van der Waals surface area (Å²) in [6, 6.07) is 14.1.